The molecule has 5 amide bonds. The third-order valence-electron chi connectivity index (χ3n) is 8.75. The Balaban J connectivity index is 0.898. The van der Waals surface area contributed by atoms with Crippen LogP contribution in [-0.2, 0) is 42.8 Å². The summed E-state index contributed by atoms with van der Waals surface area (Å²) < 4.78 is 32.8. The molecule has 4 rings (SSSR count). The minimum atomic E-state index is -1.09. The third kappa shape index (κ3) is 14.2. The summed E-state index contributed by atoms with van der Waals surface area (Å²) in [5.74, 6) is -2.79. The van der Waals surface area contributed by atoms with E-state index in [9.17, 15) is 44.2 Å². The molecule has 0 aliphatic carbocycles. The molecular weight excluding hydrogens is 768 g/mol. The molecule has 0 bridgehead atoms. The van der Waals surface area contributed by atoms with E-state index in [4.69, 9.17) is 28.4 Å². The van der Waals surface area contributed by atoms with Gasteiger partial charge in [0.2, 0.25) is 17.7 Å². The fraction of sp³-hybridized carbons (Fsp3) is 0.541. The minimum Gasteiger partial charge on any atom is -0.379 e. The van der Waals surface area contributed by atoms with Crippen LogP contribution in [0.1, 0.15) is 59.2 Å². The Morgan fingerprint density at radius 2 is 1.33 bits per heavy atom. The zero-order valence-electron chi connectivity index (χ0n) is 31.9. The Kier molecular flexibility index (Phi) is 19.0. The van der Waals surface area contributed by atoms with Crippen molar-refractivity contribution in [2.45, 2.75) is 44.6 Å². The van der Waals surface area contributed by atoms with E-state index in [0.717, 1.165) is 23.8 Å². The molecule has 0 saturated carbocycles. The van der Waals surface area contributed by atoms with Crippen molar-refractivity contribution in [1.82, 2.24) is 10.2 Å². The van der Waals surface area contributed by atoms with Crippen molar-refractivity contribution in [3.63, 3.8) is 0 Å². The first-order valence-electron chi connectivity index (χ1n) is 18.9. The summed E-state index contributed by atoms with van der Waals surface area (Å²) in [5.41, 5.74) is -0.241. The van der Waals surface area contributed by atoms with Gasteiger partial charge in [-0.3, -0.25) is 54.4 Å². The number of nitro groups is 2. The number of benzene rings is 2. The van der Waals surface area contributed by atoms with Gasteiger partial charge in [0.05, 0.1) is 105 Å². The van der Waals surface area contributed by atoms with Crippen molar-refractivity contribution < 1.29 is 62.2 Å². The summed E-state index contributed by atoms with van der Waals surface area (Å²) in [5, 5.41) is 29.7. The second-order valence-corrected chi connectivity index (χ2v) is 12.9. The number of anilines is 2. The van der Waals surface area contributed by atoms with Crippen LogP contribution in [0.3, 0.4) is 0 Å². The van der Waals surface area contributed by atoms with Crippen LogP contribution in [0.2, 0.25) is 0 Å². The molecule has 316 valence electrons. The molecule has 2 aliphatic heterocycles. The monoisotopic (exact) mass is 816 g/mol. The molecule has 0 aromatic heterocycles. The van der Waals surface area contributed by atoms with E-state index >= 15 is 0 Å². The molecule has 2 heterocycles. The molecule has 21 heteroatoms. The first-order chi connectivity index (χ1) is 28.1. The van der Waals surface area contributed by atoms with Gasteiger partial charge in [-0.05, 0) is 37.5 Å². The van der Waals surface area contributed by atoms with Crippen molar-refractivity contribution >= 4 is 52.3 Å². The first kappa shape index (κ1) is 45.3. The van der Waals surface area contributed by atoms with Crippen molar-refractivity contribution in [3.8, 4) is 0 Å². The van der Waals surface area contributed by atoms with E-state index in [1.807, 2.05) is 0 Å². The average Bonchev–Trinajstić information content (AvgIpc) is 3.45. The molecule has 1 unspecified atom stereocenters. The SMILES string of the molecule is O=C1CCC(N2C(=O)c3cccc(NC(=O)CCCCCOCCOCCOCCOCCOCCOCCNc4ccc([N+](=O)[O-])cc4[N+](=O)[O-])c3C2=O)C(=O)N1. The van der Waals surface area contributed by atoms with Gasteiger partial charge in [-0.2, -0.15) is 0 Å². The summed E-state index contributed by atoms with van der Waals surface area (Å²) in [6.07, 6.45) is 2.33. The van der Waals surface area contributed by atoms with E-state index in [1.165, 1.54) is 24.3 Å². The Morgan fingerprint density at radius 3 is 1.91 bits per heavy atom. The van der Waals surface area contributed by atoms with Gasteiger partial charge in [-0.25, -0.2) is 0 Å². The molecule has 2 aromatic carbocycles. The molecule has 1 saturated heterocycles. The number of fused-ring (bicyclic) bond motifs is 1. The standard InChI is InChI=1S/C37H48N6O15/c44-32(39-29-6-4-5-27-34(29)37(48)41(36(27)47)30-10-11-33(45)40-35(30)46)7-2-1-3-13-53-15-17-55-19-21-57-23-24-58-22-20-56-18-16-54-14-12-38-28-9-8-26(42(49)50)25-31(28)43(51)52/h4-6,8-9,25,30,38H,1-3,7,10-24H2,(H,39,44)(H,40,45,46). The fourth-order valence-electron chi connectivity index (χ4n) is 5.89. The number of amides is 5. The van der Waals surface area contributed by atoms with Gasteiger partial charge in [0.15, 0.2) is 0 Å². The lowest BCUT2D eigenvalue weighted by molar-refractivity contribution is -0.393. The maximum Gasteiger partial charge on any atom is 0.299 e. The predicted molar refractivity (Wildman–Crippen MR) is 203 cm³/mol. The second kappa shape index (κ2) is 24.4. The maximum atomic E-state index is 13.2. The molecule has 1 fully saturated rings. The van der Waals surface area contributed by atoms with Gasteiger partial charge in [0.1, 0.15) is 11.7 Å². The lowest BCUT2D eigenvalue weighted by Gasteiger charge is -2.27. The van der Waals surface area contributed by atoms with Crippen LogP contribution in [0.15, 0.2) is 36.4 Å². The number of nitrogens with zero attached hydrogens (tertiary/aromatic N) is 3. The van der Waals surface area contributed by atoms with Gasteiger partial charge >= 0.3 is 0 Å². The highest BCUT2D eigenvalue weighted by molar-refractivity contribution is 6.26. The van der Waals surface area contributed by atoms with Crippen molar-refractivity contribution in [2.24, 2.45) is 0 Å². The number of hydrogen-bond donors (Lipinski definition) is 3. The summed E-state index contributed by atoms with van der Waals surface area (Å²) in [4.78, 5) is 84.1. The Bertz CT molecular complexity index is 1760. The van der Waals surface area contributed by atoms with E-state index < -0.39 is 39.5 Å². The number of nitrogens with one attached hydrogen (secondary N) is 3. The largest absolute Gasteiger partial charge is 0.379 e. The third-order valence-corrected chi connectivity index (χ3v) is 8.75. The Morgan fingerprint density at radius 1 is 0.724 bits per heavy atom. The number of rotatable bonds is 29. The highest BCUT2D eigenvalue weighted by Crippen LogP contribution is 2.33. The first-order valence-corrected chi connectivity index (χ1v) is 18.9. The van der Waals surface area contributed by atoms with E-state index in [1.54, 1.807) is 6.07 Å². The smallest absolute Gasteiger partial charge is 0.299 e. The molecule has 2 aromatic rings. The maximum absolute atomic E-state index is 13.2. The predicted octanol–water partition coefficient (Wildman–Crippen LogP) is 2.61. The molecular formula is C37H48N6O15. The van der Waals surface area contributed by atoms with Crippen LogP contribution in [-0.4, -0.2) is 136 Å². The Labute approximate surface area is 333 Å². The quantitative estimate of drug-likeness (QED) is 0.0461. The normalized spacial score (nSPS) is 15.0. The molecule has 3 N–H and O–H groups in total. The topological polar surface area (TPSA) is 266 Å². The van der Waals surface area contributed by atoms with E-state index in [0.29, 0.717) is 79.1 Å². The number of ether oxygens (including phenoxy) is 6. The average molecular weight is 817 g/mol. The number of non-ortho nitro benzene ring substituents is 1. The molecule has 2 aliphatic rings. The van der Waals surface area contributed by atoms with Crippen molar-refractivity contribution in [1.29, 1.82) is 0 Å². The van der Waals surface area contributed by atoms with E-state index in [2.05, 4.69) is 16.0 Å². The number of carbonyl (C=O) groups is 5. The highest BCUT2D eigenvalue weighted by atomic mass is 16.6. The summed E-state index contributed by atoms with van der Waals surface area (Å²) in [7, 11) is 0. The van der Waals surface area contributed by atoms with Gasteiger partial charge in [-0.15, -0.1) is 0 Å². The number of hydrogen-bond acceptors (Lipinski definition) is 16. The molecule has 1 atom stereocenters. The van der Waals surface area contributed by atoms with Gasteiger partial charge < -0.3 is 39.1 Å². The Hall–Kier alpha value is -5.45. The van der Waals surface area contributed by atoms with Gasteiger partial charge in [0, 0.05) is 32.1 Å². The summed E-state index contributed by atoms with van der Waals surface area (Å²) in [6, 6.07) is 6.86. The van der Waals surface area contributed by atoms with Crippen LogP contribution < -0.4 is 16.0 Å². The number of nitro benzene ring substituents is 2. The fourth-order valence-corrected chi connectivity index (χ4v) is 5.89. The second-order valence-electron chi connectivity index (χ2n) is 12.9. The van der Waals surface area contributed by atoms with Gasteiger partial charge in [0.25, 0.3) is 23.2 Å². The van der Waals surface area contributed by atoms with Gasteiger partial charge in [-0.1, -0.05) is 12.5 Å². The van der Waals surface area contributed by atoms with Crippen LogP contribution in [0.5, 0.6) is 0 Å². The number of imide groups is 2. The lowest BCUT2D eigenvalue weighted by atomic mass is 10.0. The minimum absolute atomic E-state index is 0.0164. The number of unbranched alkanes of at least 4 members (excludes halogenated alkanes) is 2. The van der Waals surface area contributed by atoms with Crippen molar-refractivity contribution in [3.05, 3.63) is 67.8 Å². The van der Waals surface area contributed by atoms with Crippen LogP contribution in [0, 0.1) is 20.2 Å². The lowest BCUT2D eigenvalue weighted by Crippen LogP contribution is -2.54. The van der Waals surface area contributed by atoms with Crippen LogP contribution >= 0.6 is 0 Å². The summed E-state index contributed by atoms with van der Waals surface area (Å²) >= 11 is 0. The van der Waals surface area contributed by atoms with Crippen molar-refractivity contribution in [2.75, 3.05) is 96.5 Å². The zero-order valence-corrected chi connectivity index (χ0v) is 31.9. The molecule has 0 spiro atoms. The molecule has 21 nitrogen and oxygen atoms in total. The zero-order chi connectivity index (χ0) is 41.7. The highest BCUT2D eigenvalue weighted by Gasteiger charge is 2.45. The number of piperidine rings is 1. The molecule has 0 radical (unpaired) electrons. The van der Waals surface area contributed by atoms with Crippen LogP contribution in [0.25, 0.3) is 0 Å². The summed E-state index contributed by atoms with van der Waals surface area (Å²) in [6.45, 7) is 4.85. The van der Waals surface area contributed by atoms with E-state index in [-0.39, 0.29) is 72.2 Å². The molecule has 58 heavy (non-hydrogen) atoms. The van der Waals surface area contributed by atoms with Crippen LogP contribution in [0.4, 0.5) is 22.7 Å². The number of carbonyl (C=O) groups excluding carboxylic acids is 5.